The van der Waals surface area contributed by atoms with Gasteiger partial charge in [0.05, 0.1) is 12.8 Å². The Morgan fingerprint density at radius 1 is 1.39 bits per heavy atom. The van der Waals surface area contributed by atoms with Crippen molar-refractivity contribution in [2.24, 2.45) is 7.05 Å². The summed E-state index contributed by atoms with van der Waals surface area (Å²) in [6.45, 7) is 0.0902. The van der Waals surface area contributed by atoms with E-state index >= 15 is 0 Å². The van der Waals surface area contributed by atoms with Gasteiger partial charge < -0.3 is 14.4 Å². The number of ether oxygens (including phenoxy) is 1. The van der Waals surface area contributed by atoms with Crippen molar-refractivity contribution in [1.82, 2.24) is 9.55 Å². The number of halogens is 2. The highest BCUT2D eigenvalue weighted by Crippen LogP contribution is 2.27. The number of hydrogen-bond acceptors (Lipinski definition) is 3. The summed E-state index contributed by atoms with van der Waals surface area (Å²) < 4.78 is 7.33. The third-order valence-electron chi connectivity index (χ3n) is 2.62. The molecule has 1 heterocycles. The van der Waals surface area contributed by atoms with Gasteiger partial charge in [-0.05, 0) is 12.1 Å². The fraction of sp³-hybridized carbons (Fsp3) is 0.250. The third kappa shape index (κ3) is 2.61. The zero-order chi connectivity index (χ0) is 13.1. The standard InChI is InChI=1S/C12H12Cl2N2O2/c1-16-11(14)5-15-12(16)7-18-10-4-2-3-9(13)8(10)6-17/h2-5,17H,6-7H2,1H3. The van der Waals surface area contributed by atoms with E-state index in [-0.39, 0.29) is 13.2 Å². The number of imidazole rings is 1. The van der Waals surface area contributed by atoms with Gasteiger partial charge in [0.1, 0.15) is 23.3 Å². The van der Waals surface area contributed by atoms with E-state index in [1.807, 2.05) is 0 Å². The molecule has 0 fully saturated rings. The maximum absolute atomic E-state index is 9.25. The summed E-state index contributed by atoms with van der Waals surface area (Å²) in [6.07, 6.45) is 1.56. The monoisotopic (exact) mass is 286 g/mol. The van der Waals surface area contributed by atoms with Crippen molar-refractivity contribution in [2.45, 2.75) is 13.2 Å². The van der Waals surface area contributed by atoms with Gasteiger partial charge in [0.25, 0.3) is 0 Å². The number of aromatic nitrogens is 2. The van der Waals surface area contributed by atoms with Crippen LogP contribution in [-0.2, 0) is 20.3 Å². The molecular weight excluding hydrogens is 275 g/mol. The van der Waals surface area contributed by atoms with E-state index in [1.54, 1.807) is 36.0 Å². The normalized spacial score (nSPS) is 10.7. The van der Waals surface area contributed by atoms with Crippen LogP contribution in [0.15, 0.2) is 24.4 Å². The van der Waals surface area contributed by atoms with Gasteiger partial charge in [-0.3, -0.25) is 0 Å². The van der Waals surface area contributed by atoms with Crippen LogP contribution < -0.4 is 4.74 Å². The number of aliphatic hydroxyl groups is 1. The molecule has 2 aromatic rings. The van der Waals surface area contributed by atoms with Gasteiger partial charge in [-0.1, -0.05) is 29.3 Å². The SMILES string of the molecule is Cn1c(Cl)cnc1COc1cccc(Cl)c1CO. The molecule has 1 aromatic heterocycles. The first-order valence-electron chi connectivity index (χ1n) is 5.30. The zero-order valence-electron chi connectivity index (χ0n) is 9.73. The lowest BCUT2D eigenvalue weighted by Gasteiger charge is -2.11. The first-order chi connectivity index (χ1) is 8.63. The van der Waals surface area contributed by atoms with Gasteiger partial charge in [0, 0.05) is 17.6 Å². The van der Waals surface area contributed by atoms with Crippen LogP contribution in [0.4, 0.5) is 0 Å². The van der Waals surface area contributed by atoms with E-state index in [9.17, 15) is 5.11 Å². The summed E-state index contributed by atoms with van der Waals surface area (Å²) >= 11 is 11.8. The molecule has 0 amide bonds. The van der Waals surface area contributed by atoms with Crippen molar-refractivity contribution < 1.29 is 9.84 Å². The predicted octanol–water partition coefficient (Wildman–Crippen LogP) is 2.80. The molecule has 0 saturated carbocycles. The number of rotatable bonds is 4. The molecule has 1 aromatic carbocycles. The maximum atomic E-state index is 9.25. The van der Waals surface area contributed by atoms with Crippen LogP contribution in [0.25, 0.3) is 0 Å². The van der Waals surface area contributed by atoms with Crippen LogP contribution in [0.1, 0.15) is 11.4 Å². The minimum atomic E-state index is -0.170. The average molecular weight is 287 g/mol. The van der Waals surface area contributed by atoms with Gasteiger partial charge in [-0.25, -0.2) is 4.98 Å². The van der Waals surface area contributed by atoms with Crippen molar-refractivity contribution in [3.05, 3.63) is 46.0 Å². The highest BCUT2D eigenvalue weighted by molar-refractivity contribution is 6.31. The van der Waals surface area contributed by atoms with Crippen LogP contribution >= 0.6 is 23.2 Å². The Bertz CT molecular complexity index is 555. The number of nitrogens with zero attached hydrogens (tertiary/aromatic N) is 2. The predicted molar refractivity (Wildman–Crippen MR) is 69.9 cm³/mol. The molecule has 1 N–H and O–H groups in total. The average Bonchev–Trinajstić information content (AvgIpc) is 2.68. The minimum absolute atomic E-state index is 0.170. The molecular formula is C12H12Cl2N2O2. The molecule has 0 spiro atoms. The summed E-state index contributed by atoms with van der Waals surface area (Å²) in [4.78, 5) is 4.12. The summed E-state index contributed by atoms with van der Waals surface area (Å²) in [5.74, 6) is 1.24. The van der Waals surface area contributed by atoms with E-state index in [0.29, 0.717) is 27.3 Å². The second kappa shape index (κ2) is 5.61. The Balaban J connectivity index is 2.16. The Hall–Kier alpha value is -1.23. The van der Waals surface area contributed by atoms with Gasteiger partial charge in [0.15, 0.2) is 0 Å². The van der Waals surface area contributed by atoms with Crippen molar-refractivity contribution >= 4 is 23.2 Å². The lowest BCUT2D eigenvalue weighted by Crippen LogP contribution is -2.05. The molecule has 0 atom stereocenters. The van der Waals surface area contributed by atoms with E-state index < -0.39 is 0 Å². The second-order valence-corrected chi connectivity index (χ2v) is 4.51. The molecule has 0 bridgehead atoms. The van der Waals surface area contributed by atoms with E-state index in [0.717, 1.165) is 0 Å². The molecule has 0 radical (unpaired) electrons. The van der Waals surface area contributed by atoms with E-state index in [4.69, 9.17) is 27.9 Å². The third-order valence-corrected chi connectivity index (χ3v) is 3.32. The molecule has 0 saturated heterocycles. The van der Waals surface area contributed by atoms with Crippen LogP contribution in [0.5, 0.6) is 5.75 Å². The number of aliphatic hydroxyl groups excluding tert-OH is 1. The Morgan fingerprint density at radius 3 is 2.78 bits per heavy atom. The van der Waals surface area contributed by atoms with Crippen LogP contribution in [0.2, 0.25) is 10.2 Å². The van der Waals surface area contributed by atoms with Gasteiger partial charge in [-0.2, -0.15) is 0 Å². The van der Waals surface area contributed by atoms with Gasteiger partial charge in [-0.15, -0.1) is 0 Å². The highest BCUT2D eigenvalue weighted by atomic mass is 35.5. The molecule has 4 nitrogen and oxygen atoms in total. The zero-order valence-corrected chi connectivity index (χ0v) is 11.2. The van der Waals surface area contributed by atoms with E-state index in [2.05, 4.69) is 4.98 Å². The van der Waals surface area contributed by atoms with Gasteiger partial charge >= 0.3 is 0 Å². The van der Waals surface area contributed by atoms with Gasteiger partial charge in [0.2, 0.25) is 0 Å². The lowest BCUT2D eigenvalue weighted by molar-refractivity contribution is 0.254. The van der Waals surface area contributed by atoms with Crippen LogP contribution in [0.3, 0.4) is 0 Å². The summed E-state index contributed by atoms with van der Waals surface area (Å²) in [5.41, 5.74) is 0.569. The fourth-order valence-electron chi connectivity index (χ4n) is 1.53. The van der Waals surface area contributed by atoms with Crippen LogP contribution in [-0.4, -0.2) is 14.7 Å². The molecule has 2 rings (SSSR count). The van der Waals surface area contributed by atoms with Crippen molar-refractivity contribution in [2.75, 3.05) is 0 Å². The van der Waals surface area contributed by atoms with Crippen molar-refractivity contribution in [1.29, 1.82) is 0 Å². The quantitative estimate of drug-likeness (QED) is 0.940. The molecule has 96 valence electrons. The molecule has 6 heteroatoms. The van der Waals surface area contributed by atoms with E-state index in [1.165, 1.54) is 0 Å². The molecule has 0 unspecified atom stereocenters. The largest absolute Gasteiger partial charge is 0.485 e. The second-order valence-electron chi connectivity index (χ2n) is 3.72. The molecule has 18 heavy (non-hydrogen) atoms. The first-order valence-corrected chi connectivity index (χ1v) is 6.06. The first kappa shape index (κ1) is 13.2. The highest BCUT2D eigenvalue weighted by Gasteiger charge is 2.09. The smallest absolute Gasteiger partial charge is 0.147 e. The topological polar surface area (TPSA) is 47.3 Å². The maximum Gasteiger partial charge on any atom is 0.147 e. The number of hydrogen-bond donors (Lipinski definition) is 1. The van der Waals surface area contributed by atoms with Crippen molar-refractivity contribution in [3.8, 4) is 5.75 Å². The summed E-state index contributed by atoms with van der Waals surface area (Å²) in [6, 6.07) is 5.22. The van der Waals surface area contributed by atoms with Crippen LogP contribution in [0, 0.1) is 0 Å². The molecule has 0 aliphatic carbocycles. The number of benzene rings is 1. The Morgan fingerprint density at radius 2 is 2.17 bits per heavy atom. The van der Waals surface area contributed by atoms with Crippen molar-refractivity contribution in [3.63, 3.8) is 0 Å². The minimum Gasteiger partial charge on any atom is -0.485 e. The molecule has 0 aliphatic heterocycles. The fourth-order valence-corrected chi connectivity index (χ4v) is 1.90. The lowest BCUT2D eigenvalue weighted by atomic mass is 10.2. The summed E-state index contributed by atoms with van der Waals surface area (Å²) in [5, 5.41) is 10.3. The Labute approximate surface area is 115 Å². The Kier molecular flexibility index (Phi) is 4.11. The summed E-state index contributed by atoms with van der Waals surface area (Å²) in [7, 11) is 1.80. The molecule has 0 aliphatic rings.